The predicted octanol–water partition coefficient (Wildman–Crippen LogP) is 0.139. The summed E-state index contributed by atoms with van der Waals surface area (Å²) in [5.41, 5.74) is -0.699. The van der Waals surface area contributed by atoms with Crippen molar-refractivity contribution in [1.29, 1.82) is 0 Å². The zero-order valence-electron chi connectivity index (χ0n) is 8.26. The fourth-order valence-electron chi connectivity index (χ4n) is 1.43. The Bertz CT molecular complexity index is 219. The molecule has 3 heteroatoms. The van der Waals surface area contributed by atoms with Crippen LogP contribution >= 0.6 is 0 Å². The lowest BCUT2D eigenvalue weighted by Gasteiger charge is -2.25. The second kappa shape index (κ2) is 4.61. The molecule has 1 fully saturated rings. The molecule has 0 radical (unpaired) electrons. The third-order valence-electron chi connectivity index (χ3n) is 2.48. The van der Waals surface area contributed by atoms with Crippen molar-refractivity contribution in [3.8, 4) is 11.8 Å². The SMILES string of the molecule is CC#CCNCC1(O)CCOC1C. The van der Waals surface area contributed by atoms with E-state index in [1.54, 1.807) is 6.92 Å². The van der Waals surface area contributed by atoms with Gasteiger partial charge in [0.1, 0.15) is 5.60 Å². The molecule has 0 spiro atoms. The van der Waals surface area contributed by atoms with Gasteiger partial charge in [-0.1, -0.05) is 5.92 Å². The van der Waals surface area contributed by atoms with Gasteiger partial charge in [-0.05, 0) is 13.8 Å². The van der Waals surface area contributed by atoms with Crippen molar-refractivity contribution >= 4 is 0 Å². The quantitative estimate of drug-likeness (QED) is 0.483. The lowest BCUT2D eigenvalue weighted by atomic mass is 9.97. The van der Waals surface area contributed by atoms with Crippen LogP contribution in [0.4, 0.5) is 0 Å². The molecule has 0 aromatic carbocycles. The molecule has 2 atom stereocenters. The van der Waals surface area contributed by atoms with Gasteiger partial charge in [0.05, 0.1) is 12.6 Å². The summed E-state index contributed by atoms with van der Waals surface area (Å²) in [6.45, 7) is 5.55. The summed E-state index contributed by atoms with van der Waals surface area (Å²) >= 11 is 0. The van der Waals surface area contributed by atoms with Crippen molar-refractivity contribution in [3.63, 3.8) is 0 Å². The average Bonchev–Trinajstić information content (AvgIpc) is 2.42. The Morgan fingerprint density at radius 2 is 2.46 bits per heavy atom. The number of hydrogen-bond donors (Lipinski definition) is 2. The lowest BCUT2D eigenvalue weighted by molar-refractivity contribution is -0.0254. The van der Waals surface area contributed by atoms with Crippen LogP contribution in [0.1, 0.15) is 20.3 Å². The van der Waals surface area contributed by atoms with Gasteiger partial charge in [0.25, 0.3) is 0 Å². The van der Waals surface area contributed by atoms with E-state index in [2.05, 4.69) is 17.2 Å². The molecule has 1 saturated heterocycles. The Kier molecular flexibility index (Phi) is 3.73. The molecule has 1 heterocycles. The van der Waals surface area contributed by atoms with Crippen molar-refractivity contribution in [1.82, 2.24) is 5.32 Å². The molecule has 0 aliphatic carbocycles. The highest BCUT2D eigenvalue weighted by molar-refractivity contribution is 4.99. The van der Waals surface area contributed by atoms with Crippen LogP contribution < -0.4 is 5.32 Å². The summed E-state index contributed by atoms with van der Waals surface area (Å²) in [5.74, 6) is 5.68. The Hall–Kier alpha value is -0.560. The first kappa shape index (κ1) is 10.5. The topological polar surface area (TPSA) is 41.5 Å². The van der Waals surface area contributed by atoms with E-state index in [-0.39, 0.29) is 6.10 Å². The second-order valence-corrected chi connectivity index (χ2v) is 3.40. The maximum absolute atomic E-state index is 10.0. The van der Waals surface area contributed by atoms with E-state index < -0.39 is 5.60 Å². The number of aliphatic hydroxyl groups is 1. The fourth-order valence-corrected chi connectivity index (χ4v) is 1.43. The highest BCUT2D eigenvalue weighted by Crippen LogP contribution is 2.24. The normalized spacial score (nSPS) is 32.7. The van der Waals surface area contributed by atoms with Crippen LogP contribution in [-0.4, -0.2) is 36.5 Å². The van der Waals surface area contributed by atoms with Crippen LogP contribution in [0.5, 0.6) is 0 Å². The van der Waals surface area contributed by atoms with Crippen molar-refractivity contribution in [2.75, 3.05) is 19.7 Å². The maximum Gasteiger partial charge on any atom is 0.105 e. The molecular formula is C10H17NO2. The minimum Gasteiger partial charge on any atom is -0.386 e. The minimum absolute atomic E-state index is 0.0745. The first-order valence-corrected chi connectivity index (χ1v) is 4.63. The first-order chi connectivity index (χ1) is 6.19. The Labute approximate surface area is 79.5 Å². The van der Waals surface area contributed by atoms with Gasteiger partial charge < -0.3 is 15.2 Å². The monoisotopic (exact) mass is 183 g/mol. The fraction of sp³-hybridized carbons (Fsp3) is 0.800. The van der Waals surface area contributed by atoms with Gasteiger partial charge >= 0.3 is 0 Å². The smallest absolute Gasteiger partial charge is 0.105 e. The highest BCUT2D eigenvalue weighted by atomic mass is 16.5. The van der Waals surface area contributed by atoms with Crippen LogP contribution in [0.25, 0.3) is 0 Å². The molecule has 0 aromatic heterocycles. The van der Waals surface area contributed by atoms with Crippen molar-refractivity contribution in [2.24, 2.45) is 0 Å². The molecule has 13 heavy (non-hydrogen) atoms. The summed E-state index contributed by atoms with van der Waals surface area (Å²) in [6.07, 6.45) is 0.635. The Balaban J connectivity index is 2.28. The van der Waals surface area contributed by atoms with Crippen LogP contribution in [0.15, 0.2) is 0 Å². The van der Waals surface area contributed by atoms with Crippen molar-refractivity contribution in [2.45, 2.75) is 32.0 Å². The zero-order valence-corrected chi connectivity index (χ0v) is 8.26. The molecule has 0 saturated carbocycles. The summed E-state index contributed by atoms with van der Waals surface area (Å²) in [7, 11) is 0. The lowest BCUT2D eigenvalue weighted by Crippen LogP contribution is -2.45. The van der Waals surface area contributed by atoms with Crippen LogP contribution in [0.3, 0.4) is 0 Å². The summed E-state index contributed by atoms with van der Waals surface area (Å²) in [6, 6.07) is 0. The van der Waals surface area contributed by atoms with E-state index in [4.69, 9.17) is 4.74 Å². The Morgan fingerprint density at radius 3 is 3.00 bits per heavy atom. The van der Waals surface area contributed by atoms with Crippen LogP contribution in [-0.2, 0) is 4.74 Å². The third-order valence-corrected chi connectivity index (χ3v) is 2.48. The van der Waals surface area contributed by atoms with E-state index >= 15 is 0 Å². The maximum atomic E-state index is 10.0. The summed E-state index contributed by atoms with van der Waals surface area (Å²) in [5, 5.41) is 13.1. The first-order valence-electron chi connectivity index (χ1n) is 4.63. The van der Waals surface area contributed by atoms with E-state index in [0.717, 1.165) is 0 Å². The van der Waals surface area contributed by atoms with Crippen LogP contribution in [0.2, 0.25) is 0 Å². The molecule has 0 amide bonds. The standard InChI is InChI=1S/C10H17NO2/c1-3-4-6-11-8-10(12)5-7-13-9(10)2/h9,11-12H,5-8H2,1-2H3. The van der Waals surface area contributed by atoms with E-state index in [0.29, 0.717) is 26.1 Å². The van der Waals surface area contributed by atoms with Gasteiger partial charge in [0.2, 0.25) is 0 Å². The Morgan fingerprint density at radius 1 is 1.69 bits per heavy atom. The molecule has 1 rings (SSSR count). The molecule has 1 aliphatic rings. The largest absolute Gasteiger partial charge is 0.386 e. The van der Waals surface area contributed by atoms with Gasteiger partial charge in [0, 0.05) is 19.6 Å². The predicted molar refractivity (Wildman–Crippen MR) is 51.3 cm³/mol. The molecule has 1 aliphatic heterocycles. The van der Waals surface area contributed by atoms with E-state index in [1.165, 1.54) is 0 Å². The molecule has 0 bridgehead atoms. The molecule has 74 valence electrons. The van der Waals surface area contributed by atoms with Gasteiger partial charge in [-0.3, -0.25) is 0 Å². The van der Waals surface area contributed by atoms with Gasteiger partial charge in [0.15, 0.2) is 0 Å². The number of nitrogens with one attached hydrogen (secondary N) is 1. The third kappa shape index (κ3) is 2.70. The summed E-state index contributed by atoms with van der Waals surface area (Å²) < 4.78 is 5.30. The average molecular weight is 183 g/mol. The van der Waals surface area contributed by atoms with Gasteiger partial charge in [-0.15, -0.1) is 5.92 Å². The van der Waals surface area contributed by atoms with Crippen molar-refractivity contribution < 1.29 is 9.84 Å². The number of hydrogen-bond acceptors (Lipinski definition) is 3. The zero-order chi connectivity index (χ0) is 9.73. The van der Waals surface area contributed by atoms with E-state index in [1.807, 2.05) is 6.92 Å². The number of rotatable bonds is 3. The van der Waals surface area contributed by atoms with Gasteiger partial charge in [-0.2, -0.15) is 0 Å². The highest BCUT2D eigenvalue weighted by Gasteiger charge is 2.38. The summed E-state index contributed by atoms with van der Waals surface area (Å²) in [4.78, 5) is 0. The minimum atomic E-state index is -0.699. The van der Waals surface area contributed by atoms with E-state index in [9.17, 15) is 5.11 Å². The van der Waals surface area contributed by atoms with Crippen molar-refractivity contribution in [3.05, 3.63) is 0 Å². The molecule has 3 nitrogen and oxygen atoms in total. The molecular weight excluding hydrogens is 166 g/mol. The van der Waals surface area contributed by atoms with Gasteiger partial charge in [-0.25, -0.2) is 0 Å². The molecule has 2 N–H and O–H groups in total. The molecule has 0 aromatic rings. The molecule has 2 unspecified atom stereocenters. The second-order valence-electron chi connectivity index (χ2n) is 3.40. The number of ether oxygens (including phenoxy) is 1. The van der Waals surface area contributed by atoms with Crippen LogP contribution in [0, 0.1) is 11.8 Å².